The molecule has 3 N–H and O–H groups in total. The van der Waals surface area contributed by atoms with E-state index in [1.165, 1.54) is 6.42 Å². The maximum atomic E-state index is 11.5. The Balaban J connectivity index is 1.78. The van der Waals surface area contributed by atoms with Gasteiger partial charge in [-0.3, -0.25) is 4.79 Å². The Hall–Kier alpha value is -1.29. The average Bonchev–Trinajstić information content (AvgIpc) is 2.76. The van der Waals surface area contributed by atoms with E-state index < -0.39 is 0 Å². The lowest BCUT2D eigenvalue weighted by atomic mass is 10.1. The number of H-pyrrole nitrogens is 1. The largest absolute Gasteiger partial charge is 0.348 e. The maximum absolute atomic E-state index is 11.5. The third kappa shape index (κ3) is 2.35. The predicted octanol–water partition coefficient (Wildman–Crippen LogP) is 1.10. The van der Waals surface area contributed by atoms with Gasteiger partial charge in [0, 0.05) is 18.7 Å². The highest BCUT2D eigenvalue weighted by atomic mass is 16.1. The van der Waals surface area contributed by atoms with Crippen LogP contribution < -0.4 is 10.6 Å². The number of rotatable bonds is 3. The van der Waals surface area contributed by atoms with Crippen molar-refractivity contribution in [1.29, 1.82) is 0 Å². The third-order valence-electron chi connectivity index (χ3n) is 2.47. The molecule has 1 atom stereocenters. The predicted molar refractivity (Wildman–Crippen MR) is 55.1 cm³/mol. The minimum absolute atomic E-state index is 0.0758. The molecule has 2 heterocycles. The highest BCUT2D eigenvalue weighted by Crippen LogP contribution is 2.10. The molecule has 1 unspecified atom stereocenters. The molecule has 0 aliphatic carbocycles. The molecule has 1 aromatic heterocycles. The van der Waals surface area contributed by atoms with Gasteiger partial charge in [-0.2, -0.15) is 0 Å². The van der Waals surface area contributed by atoms with Crippen LogP contribution in [-0.2, 0) is 4.79 Å². The zero-order chi connectivity index (χ0) is 9.80. The first-order chi connectivity index (χ1) is 6.84. The molecule has 1 saturated heterocycles. The maximum Gasteiger partial charge on any atom is 0.227 e. The fourth-order valence-corrected chi connectivity index (χ4v) is 1.76. The van der Waals surface area contributed by atoms with Gasteiger partial charge in [-0.05, 0) is 31.5 Å². The molecule has 76 valence electrons. The Bertz CT molecular complexity index is 288. The highest BCUT2D eigenvalue weighted by Gasteiger charge is 2.17. The first-order valence-electron chi connectivity index (χ1n) is 5.01. The van der Waals surface area contributed by atoms with E-state index in [-0.39, 0.29) is 5.91 Å². The van der Waals surface area contributed by atoms with Crippen LogP contribution in [0.4, 0.5) is 5.82 Å². The number of anilines is 1. The fourth-order valence-electron chi connectivity index (χ4n) is 1.76. The van der Waals surface area contributed by atoms with E-state index >= 15 is 0 Å². The van der Waals surface area contributed by atoms with Gasteiger partial charge in [-0.25, -0.2) is 0 Å². The first-order valence-corrected chi connectivity index (χ1v) is 5.01. The number of aromatic amines is 1. The summed E-state index contributed by atoms with van der Waals surface area (Å²) in [6.07, 6.45) is 4.65. The number of hydrogen-bond acceptors (Lipinski definition) is 2. The summed E-state index contributed by atoms with van der Waals surface area (Å²) in [5.41, 5.74) is 0. The van der Waals surface area contributed by atoms with Crippen LogP contribution in [0.2, 0.25) is 0 Å². The Labute approximate surface area is 83.1 Å². The standard InChI is InChI=1S/C10H15N3O/c14-10(7-8-3-1-5-11-8)13-9-4-2-6-12-9/h2,4,6,8,11-12H,1,3,5,7H2,(H,13,14). The molecular weight excluding hydrogens is 178 g/mol. The van der Waals surface area contributed by atoms with E-state index in [0.717, 1.165) is 18.8 Å². The van der Waals surface area contributed by atoms with E-state index in [1.807, 2.05) is 12.1 Å². The quantitative estimate of drug-likeness (QED) is 0.673. The van der Waals surface area contributed by atoms with Crippen LogP contribution in [0, 0.1) is 0 Å². The summed E-state index contributed by atoms with van der Waals surface area (Å²) in [5, 5.41) is 6.11. The van der Waals surface area contributed by atoms with Crippen LogP contribution in [0.3, 0.4) is 0 Å². The number of nitrogens with one attached hydrogen (secondary N) is 3. The molecule has 1 aliphatic rings. The minimum Gasteiger partial charge on any atom is -0.348 e. The fraction of sp³-hybridized carbons (Fsp3) is 0.500. The van der Waals surface area contributed by atoms with Gasteiger partial charge in [0.15, 0.2) is 0 Å². The van der Waals surface area contributed by atoms with Crippen molar-refractivity contribution in [3.05, 3.63) is 18.3 Å². The van der Waals surface area contributed by atoms with E-state index in [9.17, 15) is 4.79 Å². The van der Waals surface area contributed by atoms with Gasteiger partial charge in [0.05, 0.1) is 0 Å². The van der Waals surface area contributed by atoms with Crippen molar-refractivity contribution < 1.29 is 4.79 Å². The molecule has 1 aromatic rings. The molecule has 0 bridgehead atoms. The number of aromatic nitrogens is 1. The van der Waals surface area contributed by atoms with Gasteiger partial charge < -0.3 is 15.6 Å². The summed E-state index contributed by atoms with van der Waals surface area (Å²) in [6, 6.07) is 4.08. The summed E-state index contributed by atoms with van der Waals surface area (Å²) in [4.78, 5) is 14.4. The smallest absolute Gasteiger partial charge is 0.227 e. The lowest BCUT2D eigenvalue weighted by Gasteiger charge is -2.09. The summed E-state index contributed by atoms with van der Waals surface area (Å²) in [6.45, 7) is 1.04. The first kappa shape index (κ1) is 9.27. The molecular formula is C10H15N3O. The van der Waals surface area contributed by atoms with Gasteiger partial charge in [-0.15, -0.1) is 0 Å². The van der Waals surface area contributed by atoms with Crippen molar-refractivity contribution >= 4 is 11.7 Å². The third-order valence-corrected chi connectivity index (χ3v) is 2.47. The molecule has 1 aliphatic heterocycles. The van der Waals surface area contributed by atoms with Crippen molar-refractivity contribution in [3.8, 4) is 0 Å². The Kier molecular flexibility index (Phi) is 2.84. The topological polar surface area (TPSA) is 56.9 Å². The monoisotopic (exact) mass is 193 g/mol. The second-order valence-corrected chi connectivity index (χ2v) is 3.63. The zero-order valence-electron chi connectivity index (χ0n) is 8.05. The van der Waals surface area contributed by atoms with Gasteiger partial charge in [0.2, 0.25) is 5.91 Å². The van der Waals surface area contributed by atoms with Gasteiger partial charge in [-0.1, -0.05) is 0 Å². The lowest BCUT2D eigenvalue weighted by Crippen LogP contribution is -2.27. The lowest BCUT2D eigenvalue weighted by molar-refractivity contribution is -0.116. The number of carbonyl (C=O) groups excluding carboxylic acids is 1. The molecule has 0 saturated carbocycles. The van der Waals surface area contributed by atoms with Gasteiger partial charge in [0.1, 0.15) is 5.82 Å². The summed E-state index contributed by atoms with van der Waals surface area (Å²) in [5.74, 6) is 0.847. The average molecular weight is 193 g/mol. The second kappa shape index (κ2) is 4.28. The summed E-state index contributed by atoms with van der Waals surface area (Å²) < 4.78 is 0. The van der Waals surface area contributed by atoms with Crippen LogP contribution in [0.15, 0.2) is 18.3 Å². The second-order valence-electron chi connectivity index (χ2n) is 3.63. The van der Waals surface area contributed by atoms with Crippen LogP contribution in [0.1, 0.15) is 19.3 Å². The minimum atomic E-state index is 0.0758. The van der Waals surface area contributed by atoms with Crippen molar-refractivity contribution in [2.75, 3.05) is 11.9 Å². The van der Waals surface area contributed by atoms with Gasteiger partial charge in [0.25, 0.3) is 0 Å². The summed E-state index contributed by atoms with van der Waals surface area (Å²) >= 11 is 0. The normalized spacial score (nSPS) is 21.0. The number of hydrogen-bond donors (Lipinski definition) is 3. The summed E-state index contributed by atoms with van der Waals surface area (Å²) in [7, 11) is 0. The number of carbonyl (C=O) groups is 1. The van der Waals surface area contributed by atoms with Crippen LogP contribution in [0.5, 0.6) is 0 Å². The Morgan fingerprint density at radius 1 is 1.64 bits per heavy atom. The van der Waals surface area contributed by atoms with Crippen LogP contribution in [-0.4, -0.2) is 23.5 Å². The molecule has 2 rings (SSSR count). The zero-order valence-corrected chi connectivity index (χ0v) is 8.05. The molecule has 0 spiro atoms. The molecule has 4 heteroatoms. The number of amides is 1. The molecule has 1 amide bonds. The Morgan fingerprint density at radius 2 is 2.57 bits per heavy atom. The van der Waals surface area contributed by atoms with Crippen molar-refractivity contribution in [2.45, 2.75) is 25.3 Å². The van der Waals surface area contributed by atoms with E-state index in [0.29, 0.717) is 12.5 Å². The molecule has 14 heavy (non-hydrogen) atoms. The molecule has 4 nitrogen and oxygen atoms in total. The molecule has 0 aromatic carbocycles. The SMILES string of the molecule is O=C(CC1CCCN1)Nc1ccc[nH]1. The van der Waals surface area contributed by atoms with Crippen molar-refractivity contribution in [3.63, 3.8) is 0 Å². The van der Waals surface area contributed by atoms with Crippen molar-refractivity contribution in [2.24, 2.45) is 0 Å². The van der Waals surface area contributed by atoms with Crippen LogP contribution >= 0.6 is 0 Å². The van der Waals surface area contributed by atoms with E-state index in [2.05, 4.69) is 15.6 Å². The highest BCUT2D eigenvalue weighted by molar-refractivity contribution is 5.90. The van der Waals surface area contributed by atoms with E-state index in [1.54, 1.807) is 6.20 Å². The van der Waals surface area contributed by atoms with Crippen LogP contribution in [0.25, 0.3) is 0 Å². The Morgan fingerprint density at radius 3 is 3.21 bits per heavy atom. The van der Waals surface area contributed by atoms with Crippen molar-refractivity contribution in [1.82, 2.24) is 10.3 Å². The van der Waals surface area contributed by atoms with E-state index in [4.69, 9.17) is 0 Å². The molecule has 1 fully saturated rings. The van der Waals surface area contributed by atoms with Gasteiger partial charge >= 0.3 is 0 Å². The molecule has 0 radical (unpaired) electrons.